The van der Waals surface area contributed by atoms with Crippen LogP contribution in [0.4, 0.5) is 35.1 Å². The molecule has 0 unspecified atom stereocenters. The molecule has 34 heavy (non-hydrogen) atoms. The predicted octanol–water partition coefficient (Wildman–Crippen LogP) is 8.19. The van der Waals surface area contributed by atoms with Crippen LogP contribution in [-0.2, 0) is 17.6 Å². The number of unbranched alkanes of at least 4 members (excludes halogenated alkanes) is 2. The summed E-state index contributed by atoms with van der Waals surface area (Å²) in [5.74, 6) is -13.7. The number of benzene rings is 3. The molecule has 2 nitrogen and oxygen atoms in total. The second-order valence-electron chi connectivity index (χ2n) is 7.51. The molecular weight excluding hydrogens is 472 g/mol. The van der Waals surface area contributed by atoms with Gasteiger partial charge in [-0.2, -0.15) is 8.78 Å². The van der Waals surface area contributed by atoms with Crippen molar-refractivity contribution in [1.82, 2.24) is 0 Å². The lowest BCUT2D eigenvalue weighted by Crippen LogP contribution is -2.26. The molecule has 3 aromatic rings. The largest absolute Gasteiger partial charge is 0.432 e. The van der Waals surface area contributed by atoms with Crippen LogP contribution in [0.25, 0.3) is 11.1 Å². The monoisotopic (exact) mass is 489 g/mol. The summed E-state index contributed by atoms with van der Waals surface area (Å²) in [6.07, 6.45) is -1.89. The Morgan fingerprint density at radius 1 is 0.794 bits per heavy atom. The van der Waals surface area contributed by atoms with Crippen LogP contribution in [0.5, 0.6) is 11.5 Å². The summed E-state index contributed by atoms with van der Waals surface area (Å²) < 4.78 is 117. The third-order valence-electron chi connectivity index (χ3n) is 5.05. The molecule has 3 aromatic carbocycles. The summed E-state index contributed by atoms with van der Waals surface area (Å²) in [5, 5.41) is 12.2. The van der Waals surface area contributed by atoms with Crippen molar-refractivity contribution in [1.29, 1.82) is 0 Å². The number of ether oxygens (including phenoxy) is 1. The summed E-state index contributed by atoms with van der Waals surface area (Å²) in [6.45, 7) is 1.97. The van der Waals surface area contributed by atoms with Crippen LogP contribution in [0, 0.1) is 34.9 Å². The Labute approximate surface area is 189 Å². The third-order valence-corrected chi connectivity index (χ3v) is 5.05. The van der Waals surface area contributed by atoms with Gasteiger partial charge < -0.3 is 4.74 Å². The molecular formula is C24H17F8O2. The van der Waals surface area contributed by atoms with E-state index in [4.69, 9.17) is 0 Å². The Hall–Kier alpha value is -3.30. The molecule has 0 atom stereocenters. The number of halogens is 8. The first-order valence-electron chi connectivity index (χ1n) is 10.2. The van der Waals surface area contributed by atoms with Gasteiger partial charge in [0.05, 0.1) is 5.56 Å². The molecule has 0 N–H and O–H groups in total. The van der Waals surface area contributed by atoms with E-state index in [0.29, 0.717) is 12.0 Å². The second kappa shape index (κ2) is 9.90. The summed E-state index contributed by atoms with van der Waals surface area (Å²) >= 11 is 0. The van der Waals surface area contributed by atoms with Gasteiger partial charge in [-0.25, -0.2) is 26.3 Å². The number of hydrogen-bond acceptors (Lipinski definition) is 1. The highest BCUT2D eigenvalue weighted by atomic mass is 19.3. The average molecular weight is 489 g/mol. The standard InChI is InChI=1S/C24H17F8O2/c1-2-3-4-5-12-6-7-14(15(25)8-12)20-19(33)11-16(26)21(23(20)30)24(31,32)34-13-9-17(27)22(29)18(28)10-13/h6-11H,2-5H2,1H3. The zero-order chi connectivity index (χ0) is 25.2. The van der Waals surface area contributed by atoms with Crippen molar-refractivity contribution >= 4 is 0 Å². The fourth-order valence-electron chi connectivity index (χ4n) is 3.40. The molecule has 0 heterocycles. The van der Waals surface area contributed by atoms with Gasteiger partial charge in [-0.05, 0) is 24.5 Å². The van der Waals surface area contributed by atoms with Crippen LogP contribution in [0.2, 0.25) is 0 Å². The van der Waals surface area contributed by atoms with Crippen molar-refractivity contribution in [3.05, 3.63) is 82.4 Å². The van der Waals surface area contributed by atoms with E-state index >= 15 is 4.39 Å². The van der Waals surface area contributed by atoms with E-state index in [0.717, 1.165) is 31.4 Å². The lowest BCUT2D eigenvalue weighted by molar-refractivity contribution is -0.189. The van der Waals surface area contributed by atoms with Crippen molar-refractivity contribution in [3.8, 4) is 22.6 Å². The fraction of sp³-hybridized carbons (Fsp3) is 0.250. The summed E-state index contributed by atoms with van der Waals surface area (Å²) in [5.41, 5.74) is -3.41. The number of alkyl halides is 2. The molecule has 0 spiro atoms. The predicted molar refractivity (Wildman–Crippen MR) is 106 cm³/mol. The third kappa shape index (κ3) is 5.10. The maximum absolute atomic E-state index is 15.1. The summed E-state index contributed by atoms with van der Waals surface area (Å²) in [6, 6.07) is 3.53. The van der Waals surface area contributed by atoms with E-state index in [-0.39, 0.29) is 18.2 Å². The normalized spacial score (nSPS) is 11.7. The Morgan fingerprint density at radius 3 is 2.03 bits per heavy atom. The van der Waals surface area contributed by atoms with Gasteiger partial charge in [0.1, 0.15) is 22.9 Å². The molecule has 1 radical (unpaired) electrons. The quantitative estimate of drug-likeness (QED) is 0.178. The minimum atomic E-state index is -4.91. The molecule has 0 saturated heterocycles. The molecule has 3 rings (SSSR count). The van der Waals surface area contributed by atoms with Crippen molar-refractivity contribution in [2.45, 2.75) is 38.7 Å². The van der Waals surface area contributed by atoms with Crippen LogP contribution >= 0.6 is 0 Å². The van der Waals surface area contributed by atoms with E-state index in [1.807, 2.05) is 6.92 Å². The van der Waals surface area contributed by atoms with Crippen molar-refractivity contribution in [2.75, 3.05) is 0 Å². The van der Waals surface area contributed by atoms with Gasteiger partial charge in [0.15, 0.2) is 29.0 Å². The van der Waals surface area contributed by atoms with E-state index < -0.39 is 69.2 Å². The first kappa shape index (κ1) is 25.3. The molecule has 10 heteroatoms. The van der Waals surface area contributed by atoms with Crippen LogP contribution in [0.15, 0.2) is 36.4 Å². The van der Waals surface area contributed by atoms with Gasteiger partial charge in [0.25, 0.3) is 0 Å². The molecule has 0 aliphatic carbocycles. The molecule has 0 saturated carbocycles. The van der Waals surface area contributed by atoms with Crippen LogP contribution in [0.3, 0.4) is 0 Å². The number of aryl methyl sites for hydroxylation is 1. The number of hydrogen-bond donors (Lipinski definition) is 0. The van der Waals surface area contributed by atoms with Gasteiger partial charge in [-0.3, -0.25) is 5.11 Å². The second-order valence-corrected chi connectivity index (χ2v) is 7.51. The minimum absolute atomic E-state index is 0.0193. The zero-order valence-electron chi connectivity index (χ0n) is 17.6. The Morgan fingerprint density at radius 2 is 1.44 bits per heavy atom. The lowest BCUT2D eigenvalue weighted by atomic mass is 9.97. The summed E-state index contributed by atoms with van der Waals surface area (Å²) in [4.78, 5) is 0. The van der Waals surface area contributed by atoms with E-state index in [1.54, 1.807) is 0 Å². The number of rotatable bonds is 8. The Balaban J connectivity index is 2.04. The van der Waals surface area contributed by atoms with Crippen LogP contribution in [-0.4, -0.2) is 0 Å². The average Bonchev–Trinajstić information content (AvgIpc) is 2.72. The topological polar surface area (TPSA) is 29.1 Å². The van der Waals surface area contributed by atoms with Gasteiger partial charge in [0.2, 0.25) is 0 Å². The SMILES string of the molecule is CCCCCc1ccc(-c2c([O])cc(F)c(C(F)(F)Oc3cc(F)c(F)c(F)c3)c2F)c(F)c1. The fourth-order valence-corrected chi connectivity index (χ4v) is 3.40. The molecule has 0 amide bonds. The first-order chi connectivity index (χ1) is 16.0. The van der Waals surface area contributed by atoms with E-state index in [9.17, 15) is 35.8 Å². The van der Waals surface area contributed by atoms with Crippen LogP contribution < -0.4 is 4.74 Å². The highest BCUT2D eigenvalue weighted by molar-refractivity contribution is 5.72. The van der Waals surface area contributed by atoms with Crippen LogP contribution in [0.1, 0.15) is 37.3 Å². The molecule has 0 aromatic heterocycles. The van der Waals surface area contributed by atoms with Crippen molar-refractivity contribution in [2.24, 2.45) is 0 Å². The Bertz CT molecular complexity index is 1190. The van der Waals surface area contributed by atoms with Crippen molar-refractivity contribution in [3.63, 3.8) is 0 Å². The molecule has 0 bridgehead atoms. The molecule has 0 fully saturated rings. The van der Waals surface area contributed by atoms with Gasteiger partial charge in [0, 0.05) is 23.8 Å². The van der Waals surface area contributed by atoms with Gasteiger partial charge >= 0.3 is 6.11 Å². The maximum Gasteiger partial charge on any atom is 0.432 e. The lowest BCUT2D eigenvalue weighted by Gasteiger charge is -2.21. The highest BCUT2D eigenvalue weighted by Gasteiger charge is 2.43. The van der Waals surface area contributed by atoms with Crippen molar-refractivity contribution < 1.29 is 45.0 Å². The first-order valence-corrected chi connectivity index (χ1v) is 10.2. The minimum Gasteiger partial charge on any atom is -0.429 e. The highest BCUT2D eigenvalue weighted by Crippen LogP contribution is 2.43. The van der Waals surface area contributed by atoms with E-state index in [2.05, 4.69) is 4.74 Å². The summed E-state index contributed by atoms with van der Waals surface area (Å²) in [7, 11) is 0. The Kier molecular flexibility index (Phi) is 7.38. The van der Waals surface area contributed by atoms with Gasteiger partial charge in [-0.15, -0.1) is 0 Å². The molecule has 181 valence electrons. The smallest absolute Gasteiger partial charge is 0.429 e. The molecule has 0 aliphatic rings. The maximum atomic E-state index is 15.1. The molecule has 0 aliphatic heterocycles. The van der Waals surface area contributed by atoms with E-state index in [1.165, 1.54) is 6.07 Å². The van der Waals surface area contributed by atoms with Gasteiger partial charge in [-0.1, -0.05) is 31.9 Å². The zero-order valence-corrected chi connectivity index (χ0v) is 17.6.